The molecule has 0 aliphatic heterocycles. The van der Waals surface area contributed by atoms with E-state index in [0.29, 0.717) is 6.54 Å². The van der Waals surface area contributed by atoms with Crippen LogP contribution in [-0.4, -0.2) is 17.0 Å². The van der Waals surface area contributed by atoms with Gasteiger partial charge in [0, 0.05) is 18.5 Å². The first-order valence-electron chi connectivity index (χ1n) is 5.84. The monoisotopic (exact) mass is 326 g/mol. The van der Waals surface area contributed by atoms with Gasteiger partial charge in [0.1, 0.15) is 5.69 Å². The number of hydrogen-bond donors (Lipinski definition) is 1. The highest BCUT2D eigenvalue weighted by Crippen LogP contribution is 2.33. The summed E-state index contributed by atoms with van der Waals surface area (Å²) in [5.74, 6) is -0.0429. The maximum atomic E-state index is 12.1. The van der Waals surface area contributed by atoms with Gasteiger partial charge in [0.2, 0.25) is 0 Å². The van der Waals surface area contributed by atoms with Gasteiger partial charge < -0.3 is 9.88 Å². The third kappa shape index (κ3) is 2.37. The molecule has 2 aromatic heterocycles. The number of fused-ring (bicyclic) bond motifs is 1. The van der Waals surface area contributed by atoms with E-state index in [0.717, 1.165) is 33.3 Å². The average molecular weight is 327 g/mol. The van der Waals surface area contributed by atoms with Crippen LogP contribution in [-0.2, 0) is 6.54 Å². The van der Waals surface area contributed by atoms with Crippen molar-refractivity contribution in [3.8, 4) is 0 Å². The number of carbonyl (C=O) groups is 1. The van der Waals surface area contributed by atoms with E-state index in [4.69, 9.17) is 0 Å². The van der Waals surface area contributed by atoms with Crippen molar-refractivity contribution < 1.29 is 4.79 Å². The summed E-state index contributed by atoms with van der Waals surface area (Å²) >= 11 is 5.19. The van der Waals surface area contributed by atoms with E-state index >= 15 is 0 Å². The van der Waals surface area contributed by atoms with Crippen LogP contribution in [0.2, 0.25) is 0 Å². The Labute approximate surface area is 119 Å². The molecule has 0 aliphatic carbocycles. The molecule has 0 aromatic carbocycles. The van der Waals surface area contributed by atoms with Gasteiger partial charge in [-0.1, -0.05) is 13.0 Å². The van der Waals surface area contributed by atoms with Crippen molar-refractivity contribution in [2.75, 3.05) is 6.54 Å². The van der Waals surface area contributed by atoms with Gasteiger partial charge in [0.15, 0.2) is 0 Å². The number of aryl methyl sites for hydroxylation is 1. The van der Waals surface area contributed by atoms with Gasteiger partial charge in [-0.05, 0) is 28.4 Å². The van der Waals surface area contributed by atoms with Gasteiger partial charge in [-0.25, -0.2) is 0 Å². The summed E-state index contributed by atoms with van der Waals surface area (Å²) in [6.45, 7) is 7.05. The highest BCUT2D eigenvalue weighted by Gasteiger charge is 2.17. The fourth-order valence-corrected chi connectivity index (χ4v) is 3.62. The second-order valence-corrected chi connectivity index (χ2v) is 5.74. The second-order valence-electron chi connectivity index (χ2n) is 3.98. The Hall–Kier alpha value is -1.07. The fourth-order valence-electron chi connectivity index (χ4n) is 1.93. The van der Waals surface area contributed by atoms with Crippen molar-refractivity contribution in [3.63, 3.8) is 0 Å². The molecule has 0 spiro atoms. The topological polar surface area (TPSA) is 34.0 Å². The highest BCUT2D eigenvalue weighted by molar-refractivity contribution is 9.10. The minimum Gasteiger partial charge on any atom is -0.347 e. The predicted octanol–water partition coefficient (Wildman–Crippen LogP) is 3.79. The highest BCUT2D eigenvalue weighted by atomic mass is 79.9. The fraction of sp³-hybridized carbons (Fsp3) is 0.308. The van der Waals surface area contributed by atoms with Crippen molar-refractivity contribution in [3.05, 3.63) is 34.3 Å². The molecule has 0 fully saturated rings. The minimum atomic E-state index is -0.0429. The van der Waals surface area contributed by atoms with Gasteiger partial charge in [-0.2, -0.15) is 0 Å². The number of thiophene rings is 1. The predicted molar refractivity (Wildman–Crippen MR) is 80.3 cm³/mol. The molecule has 0 saturated carbocycles. The molecule has 0 saturated heterocycles. The quantitative estimate of drug-likeness (QED) is 0.833. The smallest absolute Gasteiger partial charge is 0.268 e. The van der Waals surface area contributed by atoms with Crippen LogP contribution in [0.15, 0.2) is 28.6 Å². The Morgan fingerprint density at radius 2 is 2.44 bits per heavy atom. The van der Waals surface area contributed by atoms with Gasteiger partial charge >= 0.3 is 0 Å². The van der Waals surface area contributed by atoms with E-state index in [1.165, 1.54) is 0 Å². The van der Waals surface area contributed by atoms with Gasteiger partial charge in [0.25, 0.3) is 5.91 Å². The summed E-state index contributed by atoms with van der Waals surface area (Å²) < 4.78 is 4.27. The number of aromatic nitrogens is 1. The standard InChI is InChI=1S/C13H15BrN2OS/c1-3-5-15-13(17)10-7-11-12(9(14)8-18-11)16(10)6-4-2/h3,7-8H,1,4-6H2,2H3,(H,15,17). The zero-order valence-corrected chi connectivity index (χ0v) is 12.6. The third-order valence-corrected chi connectivity index (χ3v) is 4.49. The molecular weight excluding hydrogens is 312 g/mol. The Balaban J connectivity index is 2.45. The van der Waals surface area contributed by atoms with Crippen LogP contribution in [0.3, 0.4) is 0 Å². The summed E-state index contributed by atoms with van der Waals surface area (Å²) in [7, 11) is 0. The number of nitrogens with one attached hydrogen (secondary N) is 1. The third-order valence-electron chi connectivity index (χ3n) is 2.66. The van der Waals surface area contributed by atoms with Crippen LogP contribution < -0.4 is 5.32 Å². The molecule has 96 valence electrons. The first-order valence-corrected chi connectivity index (χ1v) is 7.51. The van der Waals surface area contributed by atoms with Gasteiger partial charge in [-0.3, -0.25) is 4.79 Å². The number of carbonyl (C=O) groups excluding carboxylic acids is 1. The Bertz CT molecular complexity index is 585. The van der Waals surface area contributed by atoms with E-state index in [2.05, 4.69) is 44.7 Å². The normalized spacial score (nSPS) is 10.8. The molecule has 18 heavy (non-hydrogen) atoms. The molecule has 0 bridgehead atoms. The van der Waals surface area contributed by atoms with Gasteiger partial charge in [0.05, 0.1) is 14.7 Å². The van der Waals surface area contributed by atoms with Crippen LogP contribution in [0.5, 0.6) is 0 Å². The first kappa shape index (κ1) is 13.4. The lowest BCUT2D eigenvalue weighted by Crippen LogP contribution is -2.25. The lowest BCUT2D eigenvalue weighted by Gasteiger charge is -2.09. The maximum Gasteiger partial charge on any atom is 0.268 e. The van der Waals surface area contributed by atoms with E-state index in [1.54, 1.807) is 17.4 Å². The van der Waals surface area contributed by atoms with Crippen molar-refractivity contribution in [1.82, 2.24) is 9.88 Å². The SMILES string of the molecule is C=CCNC(=O)c1cc2scc(Br)c2n1CCC. The lowest BCUT2D eigenvalue weighted by molar-refractivity contribution is 0.0949. The van der Waals surface area contributed by atoms with Crippen molar-refractivity contribution >= 4 is 43.4 Å². The van der Waals surface area contributed by atoms with E-state index in [9.17, 15) is 4.79 Å². The Kier molecular flexibility index (Phi) is 4.24. The molecule has 3 nitrogen and oxygen atoms in total. The first-order chi connectivity index (χ1) is 8.69. The molecule has 0 atom stereocenters. The molecule has 5 heteroatoms. The molecule has 2 heterocycles. The van der Waals surface area contributed by atoms with Crippen molar-refractivity contribution in [2.45, 2.75) is 19.9 Å². The summed E-state index contributed by atoms with van der Waals surface area (Å²) in [4.78, 5) is 12.1. The molecule has 1 amide bonds. The molecular formula is C13H15BrN2OS. The summed E-state index contributed by atoms with van der Waals surface area (Å²) in [6.07, 6.45) is 2.68. The minimum absolute atomic E-state index is 0.0429. The van der Waals surface area contributed by atoms with E-state index in [1.807, 2.05) is 6.07 Å². The van der Waals surface area contributed by atoms with Crippen molar-refractivity contribution in [1.29, 1.82) is 0 Å². The molecule has 0 unspecified atom stereocenters. The molecule has 2 rings (SSSR count). The largest absolute Gasteiger partial charge is 0.347 e. The van der Waals surface area contributed by atoms with E-state index in [-0.39, 0.29) is 5.91 Å². The van der Waals surface area contributed by atoms with Crippen LogP contribution in [0.4, 0.5) is 0 Å². The van der Waals surface area contributed by atoms with Crippen LogP contribution >= 0.6 is 27.3 Å². The summed E-state index contributed by atoms with van der Waals surface area (Å²) in [5.41, 5.74) is 1.84. The van der Waals surface area contributed by atoms with Gasteiger partial charge in [-0.15, -0.1) is 17.9 Å². The lowest BCUT2D eigenvalue weighted by atomic mass is 10.3. The number of amides is 1. The van der Waals surface area contributed by atoms with E-state index < -0.39 is 0 Å². The van der Waals surface area contributed by atoms with Crippen LogP contribution in [0, 0.1) is 0 Å². The van der Waals surface area contributed by atoms with Crippen LogP contribution in [0.1, 0.15) is 23.8 Å². The average Bonchev–Trinajstić information content (AvgIpc) is 2.89. The Morgan fingerprint density at radius 3 is 3.11 bits per heavy atom. The van der Waals surface area contributed by atoms with Crippen LogP contribution in [0.25, 0.3) is 10.2 Å². The summed E-state index contributed by atoms with van der Waals surface area (Å²) in [5, 5.41) is 4.89. The molecule has 0 aliphatic rings. The Morgan fingerprint density at radius 1 is 1.67 bits per heavy atom. The number of nitrogens with zero attached hydrogens (tertiary/aromatic N) is 1. The second kappa shape index (κ2) is 5.71. The molecule has 2 aromatic rings. The molecule has 0 radical (unpaired) electrons. The van der Waals surface area contributed by atoms with Crippen molar-refractivity contribution in [2.24, 2.45) is 0 Å². The molecule has 1 N–H and O–H groups in total. The summed E-state index contributed by atoms with van der Waals surface area (Å²) in [6, 6.07) is 1.96. The zero-order valence-electron chi connectivity index (χ0n) is 10.2. The maximum absolute atomic E-state index is 12.1. The number of halogens is 1. The number of hydrogen-bond acceptors (Lipinski definition) is 2. The zero-order chi connectivity index (χ0) is 13.1. The number of rotatable bonds is 5.